The lowest BCUT2D eigenvalue weighted by atomic mass is 9.96. The number of likely N-dealkylation sites (tertiary alicyclic amines) is 1. The molecule has 1 aromatic carbocycles. The van der Waals surface area contributed by atoms with Gasteiger partial charge in [-0.1, -0.05) is 19.1 Å². The molecule has 3 nitrogen and oxygen atoms in total. The average Bonchev–Trinajstić information content (AvgIpc) is 2.52. The molecule has 0 bridgehead atoms. The summed E-state index contributed by atoms with van der Waals surface area (Å²) in [5.41, 5.74) is 6.73. The van der Waals surface area contributed by atoms with Crippen molar-refractivity contribution in [2.45, 2.75) is 45.1 Å². The molecule has 2 N–H and O–H groups in total. The number of carbonyl (C=O) groups is 1. The molecule has 0 radical (unpaired) electrons. The van der Waals surface area contributed by atoms with E-state index in [1.54, 1.807) is 12.1 Å². The Balaban J connectivity index is 0.00000242. The van der Waals surface area contributed by atoms with Crippen molar-refractivity contribution in [2.75, 3.05) is 13.1 Å². The second kappa shape index (κ2) is 9.11. The number of piperidine rings is 1. The van der Waals surface area contributed by atoms with Crippen LogP contribution in [0, 0.1) is 11.7 Å². The Morgan fingerprint density at radius 3 is 2.91 bits per heavy atom. The van der Waals surface area contributed by atoms with Gasteiger partial charge in [-0.3, -0.25) is 4.79 Å². The number of halogens is 2. The van der Waals surface area contributed by atoms with Crippen molar-refractivity contribution in [3.8, 4) is 0 Å². The molecule has 2 unspecified atom stereocenters. The molecule has 1 aliphatic heterocycles. The first-order valence-electron chi connectivity index (χ1n) is 7.87. The van der Waals surface area contributed by atoms with Crippen LogP contribution < -0.4 is 5.73 Å². The van der Waals surface area contributed by atoms with Crippen LogP contribution in [-0.4, -0.2) is 29.9 Å². The van der Waals surface area contributed by atoms with Crippen molar-refractivity contribution in [1.29, 1.82) is 0 Å². The first-order valence-corrected chi connectivity index (χ1v) is 7.87. The van der Waals surface area contributed by atoms with Crippen LogP contribution >= 0.6 is 12.4 Å². The van der Waals surface area contributed by atoms with Gasteiger partial charge in [-0.25, -0.2) is 4.39 Å². The highest BCUT2D eigenvalue weighted by molar-refractivity contribution is 5.85. The van der Waals surface area contributed by atoms with Crippen LogP contribution in [-0.2, 0) is 11.2 Å². The fourth-order valence-electron chi connectivity index (χ4n) is 3.02. The summed E-state index contributed by atoms with van der Waals surface area (Å²) in [6.45, 7) is 3.33. The van der Waals surface area contributed by atoms with Gasteiger partial charge >= 0.3 is 0 Å². The number of nitrogens with two attached hydrogens (primary N) is 1. The maximum atomic E-state index is 13.1. The molecule has 1 aliphatic rings. The number of hydrogen-bond donors (Lipinski definition) is 1. The van der Waals surface area contributed by atoms with Crippen molar-refractivity contribution in [1.82, 2.24) is 4.90 Å². The van der Waals surface area contributed by atoms with E-state index >= 15 is 0 Å². The monoisotopic (exact) mass is 328 g/mol. The summed E-state index contributed by atoms with van der Waals surface area (Å²) in [6, 6.07) is 6.80. The Bertz CT molecular complexity index is 483. The van der Waals surface area contributed by atoms with Crippen molar-refractivity contribution in [3.63, 3.8) is 0 Å². The Kier molecular flexibility index (Phi) is 7.83. The van der Waals surface area contributed by atoms with E-state index < -0.39 is 0 Å². The minimum Gasteiger partial charge on any atom is -0.338 e. The fraction of sp³-hybridized carbons (Fsp3) is 0.588. The predicted molar refractivity (Wildman–Crippen MR) is 89.5 cm³/mol. The zero-order chi connectivity index (χ0) is 15.2. The second-order valence-electron chi connectivity index (χ2n) is 5.99. The average molecular weight is 329 g/mol. The van der Waals surface area contributed by atoms with Gasteiger partial charge in [-0.2, -0.15) is 0 Å². The highest BCUT2D eigenvalue weighted by atomic mass is 35.5. The van der Waals surface area contributed by atoms with E-state index in [0.717, 1.165) is 44.2 Å². The fourth-order valence-corrected chi connectivity index (χ4v) is 3.02. The number of aryl methyl sites for hydroxylation is 1. The molecule has 5 heteroatoms. The van der Waals surface area contributed by atoms with Gasteiger partial charge in [0.1, 0.15) is 5.82 Å². The SMILES string of the molecule is CC(CCc1cccc(F)c1)C(=O)N1CCCCC1CN.Cl. The first kappa shape index (κ1) is 18.9. The lowest BCUT2D eigenvalue weighted by molar-refractivity contribution is -0.138. The summed E-state index contributed by atoms with van der Waals surface area (Å²) in [5.74, 6) is -0.0623. The standard InChI is InChI=1S/C17H25FN2O.ClH/c1-13(8-9-14-5-4-6-15(18)11-14)17(21)20-10-3-2-7-16(20)12-19;/h4-6,11,13,16H,2-3,7-10,12,19H2,1H3;1H. The Hall–Kier alpha value is -1.13. The van der Waals surface area contributed by atoms with Crippen molar-refractivity contribution in [2.24, 2.45) is 11.7 Å². The topological polar surface area (TPSA) is 46.3 Å². The third-order valence-electron chi connectivity index (χ3n) is 4.36. The van der Waals surface area contributed by atoms with Crippen LogP contribution in [0.15, 0.2) is 24.3 Å². The van der Waals surface area contributed by atoms with E-state index in [4.69, 9.17) is 5.73 Å². The summed E-state index contributed by atoms with van der Waals surface area (Å²) in [4.78, 5) is 14.5. The molecule has 2 atom stereocenters. The lowest BCUT2D eigenvalue weighted by Gasteiger charge is -2.36. The molecular weight excluding hydrogens is 303 g/mol. The number of carbonyl (C=O) groups excluding carboxylic acids is 1. The largest absolute Gasteiger partial charge is 0.338 e. The van der Waals surface area contributed by atoms with Gasteiger partial charge in [0.2, 0.25) is 5.91 Å². The molecule has 0 aliphatic carbocycles. The van der Waals surface area contributed by atoms with Gasteiger partial charge in [0.15, 0.2) is 0 Å². The number of hydrogen-bond acceptors (Lipinski definition) is 2. The number of nitrogens with zero attached hydrogens (tertiary/aromatic N) is 1. The van der Waals surface area contributed by atoms with Crippen molar-refractivity contribution in [3.05, 3.63) is 35.6 Å². The van der Waals surface area contributed by atoms with Crippen LogP contribution in [0.1, 0.15) is 38.2 Å². The predicted octanol–water partition coefficient (Wildman–Crippen LogP) is 3.16. The second-order valence-corrected chi connectivity index (χ2v) is 5.99. The Morgan fingerprint density at radius 2 is 2.23 bits per heavy atom. The van der Waals surface area contributed by atoms with E-state index in [-0.39, 0.29) is 36.1 Å². The summed E-state index contributed by atoms with van der Waals surface area (Å²) in [7, 11) is 0. The molecule has 0 spiro atoms. The third-order valence-corrected chi connectivity index (χ3v) is 4.36. The molecule has 124 valence electrons. The van der Waals surface area contributed by atoms with Gasteiger partial charge in [0.05, 0.1) is 0 Å². The molecule has 1 heterocycles. The zero-order valence-corrected chi connectivity index (χ0v) is 13.9. The van der Waals surface area contributed by atoms with Crippen molar-refractivity contribution >= 4 is 18.3 Å². The van der Waals surface area contributed by atoms with Crippen LogP contribution in [0.3, 0.4) is 0 Å². The van der Waals surface area contributed by atoms with Crippen LogP contribution in [0.4, 0.5) is 4.39 Å². The Morgan fingerprint density at radius 1 is 1.45 bits per heavy atom. The molecule has 2 rings (SSSR count). The third kappa shape index (κ3) is 4.96. The lowest BCUT2D eigenvalue weighted by Crippen LogP contribution is -2.49. The molecule has 1 fully saturated rings. The molecular formula is C17H26ClFN2O. The van der Waals surface area contributed by atoms with E-state index in [1.165, 1.54) is 6.07 Å². The molecule has 1 saturated heterocycles. The molecule has 1 amide bonds. The summed E-state index contributed by atoms with van der Waals surface area (Å²) in [6.07, 6.45) is 4.71. The van der Waals surface area contributed by atoms with Crippen LogP contribution in [0.25, 0.3) is 0 Å². The summed E-state index contributed by atoms with van der Waals surface area (Å²) >= 11 is 0. The molecule has 1 aromatic rings. The van der Waals surface area contributed by atoms with Crippen LogP contribution in [0.2, 0.25) is 0 Å². The van der Waals surface area contributed by atoms with Gasteiger partial charge in [0, 0.05) is 25.0 Å². The molecule has 0 saturated carbocycles. The summed E-state index contributed by atoms with van der Waals surface area (Å²) in [5, 5.41) is 0. The normalized spacial score (nSPS) is 19.4. The minimum absolute atomic E-state index is 0. The summed E-state index contributed by atoms with van der Waals surface area (Å²) < 4.78 is 13.1. The van der Waals surface area contributed by atoms with Gasteiger partial charge < -0.3 is 10.6 Å². The number of rotatable bonds is 5. The number of amides is 1. The number of benzene rings is 1. The highest BCUT2D eigenvalue weighted by Crippen LogP contribution is 2.21. The van der Waals surface area contributed by atoms with Crippen LogP contribution in [0.5, 0.6) is 0 Å². The molecule has 0 aromatic heterocycles. The first-order chi connectivity index (χ1) is 10.1. The maximum Gasteiger partial charge on any atom is 0.225 e. The smallest absolute Gasteiger partial charge is 0.225 e. The zero-order valence-electron chi connectivity index (χ0n) is 13.1. The van der Waals surface area contributed by atoms with Gasteiger partial charge in [-0.15, -0.1) is 12.4 Å². The van der Waals surface area contributed by atoms with Gasteiger partial charge in [-0.05, 0) is 49.8 Å². The van der Waals surface area contributed by atoms with Gasteiger partial charge in [0.25, 0.3) is 0 Å². The minimum atomic E-state index is -0.217. The highest BCUT2D eigenvalue weighted by Gasteiger charge is 2.28. The van der Waals surface area contributed by atoms with Crippen molar-refractivity contribution < 1.29 is 9.18 Å². The van der Waals surface area contributed by atoms with E-state index in [1.807, 2.05) is 17.9 Å². The Labute approximate surface area is 138 Å². The molecule has 22 heavy (non-hydrogen) atoms. The quantitative estimate of drug-likeness (QED) is 0.902. The van der Waals surface area contributed by atoms with E-state index in [0.29, 0.717) is 6.54 Å². The van der Waals surface area contributed by atoms with E-state index in [2.05, 4.69) is 0 Å². The maximum absolute atomic E-state index is 13.1. The van der Waals surface area contributed by atoms with E-state index in [9.17, 15) is 9.18 Å².